The summed E-state index contributed by atoms with van der Waals surface area (Å²) < 4.78 is 45.9. The highest BCUT2D eigenvalue weighted by Gasteiger charge is 2.30. The molecular formula is C21H15ClF3NO3. The van der Waals surface area contributed by atoms with Crippen molar-refractivity contribution in [1.82, 2.24) is 0 Å². The number of carbonyl (C=O) groups is 1. The second-order valence-electron chi connectivity index (χ2n) is 5.93. The second-order valence-corrected chi connectivity index (χ2v) is 6.34. The number of hydrogen-bond donors (Lipinski definition) is 1. The molecule has 0 radical (unpaired) electrons. The van der Waals surface area contributed by atoms with Crippen molar-refractivity contribution in [1.29, 1.82) is 0 Å². The minimum atomic E-state index is -4.76. The fourth-order valence-corrected chi connectivity index (χ4v) is 2.61. The van der Waals surface area contributed by atoms with E-state index in [9.17, 15) is 18.0 Å². The highest BCUT2D eigenvalue weighted by atomic mass is 35.5. The van der Waals surface area contributed by atoms with Gasteiger partial charge in [-0.05, 0) is 54.6 Å². The Morgan fingerprint density at radius 1 is 0.897 bits per heavy atom. The lowest BCUT2D eigenvalue weighted by atomic mass is 10.2. The maximum absolute atomic E-state index is 12.3. The number of anilines is 1. The molecule has 4 nitrogen and oxygen atoms in total. The Bertz CT molecular complexity index is 974. The van der Waals surface area contributed by atoms with Crippen molar-refractivity contribution in [3.8, 4) is 11.5 Å². The molecule has 0 bridgehead atoms. The summed E-state index contributed by atoms with van der Waals surface area (Å²) in [7, 11) is 0. The van der Waals surface area contributed by atoms with Crippen LogP contribution in [0, 0.1) is 0 Å². The van der Waals surface area contributed by atoms with E-state index in [2.05, 4.69) is 10.1 Å². The third-order valence-corrected chi connectivity index (χ3v) is 4.18. The van der Waals surface area contributed by atoms with Gasteiger partial charge in [0.05, 0.1) is 0 Å². The van der Waals surface area contributed by atoms with Crippen LogP contribution in [0.2, 0.25) is 5.02 Å². The zero-order valence-electron chi connectivity index (χ0n) is 14.9. The van der Waals surface area contributed by atoms with Gasteiger partial charge in [0.2, 0.25) is 0 Å². The zero-order valence-corrected chi connectivity index (χ0v) is 15.6. The average molecular weight is 422 g/mol. The van der Waals surface area contributed by atoms with Crippen molar-refractivity contribution >= 4 is 23.2 Å². The molecule has 8 heteroatoms. The summed E-state index contributed by atoms with van der Waals surface area (Å²) in [5.41, 5.74) is 1.54. The fourth-order valence-electron chi connectivity index (χ4n) is 2.42. The van der Waals surface area contributed by atoms with Crippen LogP contribution in [0.1, 0.15) is 15.9 Å². The smallest absolute Gasteiger partial charge is 0.489 e. The number of carbonyl (C=O) groups excluding carboxylic acids is 1. The Hall–Kier alpha value is -3.19. The van der Waals surface area contributed by atoms with Crippen molar-refractivity contribution in [2.24, 2.45) is 0 Å². The molecule has 0 aromatic heterocycles. The lowest BCUT2D eigenvalue weighted by molar-refractivity contribution is -0.274. The van der Waals surface area contributed by atoms with Gasteiger partial charge in [0, 0.05) is 21.8 Å². The van der Waals surface area contributed by atoms with Gasteiger partial charge >= 0.3 is 6.36 Å². The monoisotopic (exact) mass is 421 g/mol. The molecule has 0 aliphatic rings. The number of amides is 1. The summed E-state index contributed by atoms with van der Waals surface area (Å²) >= 11 is 6.08. The Balaban J connectivity index is 1.57. The maximum atomic E-state index is 12.3. The van der Waals surface area contributed by atoms with Crippen molar-refractivity contribution in [2.75, 3.05) is 5.32 Å². The molecule has 0 spiro atoms. The zero-order chi connectivity index (χ0) is 20.9. The lowest BCUT2D eigenvalue weighted by Crippen LogP contribution is -2.17. The Labute approximate surface area is 169 Å². The van der Waals surface area contributed by atoms with Gasteiger partial charge in [-0.1, -0.05) is 29.8 Å². The molecule has 0 heterocycles. The molecule has 150 valence electrons. The Morgan fingerprint density at radius 3 is 2.14 bits per heavy atom. The molecule has 0 saturated heterocycles. The van der Waals surface area contributed by atoms with Gasteiger partial charge in [0.25, 0.3) is 5.91 Å². The first-order valence-corrected chi connectivity index (χ1v) is 8.81. The third kappa shape index (κ3) is 6.15. The molecule has 0 atom stereocenters. The Morgan fingerprint density at radius 2 is 1.52 bits per heavy atom. The van der Waals surface area contributed by atoms with E-state index in [1.807, 2.05) is 18.2 Å². The minimum absolute atomic E-state index is 0.289. The number of benzene rings is 3. The Kier molecular flexibility index (Phi) is 6.29. The van der Waals surface area contributed by atoms with Crippen LogP contribution in [0.25, 0.3) is 0 Å². The molecule has 0 saturated carbocycles. The van der Waals surface area contributed by atoms with E-state index in [1.165, 1.54) is 12.1 Å². The van der Waals surface area contributed by atoms with Crippen molar-refractivity contribution in [3.63, 3.8) is 0 Å². The third-order valence-electron chi connectivity index (χ3n) is 3.81. The molecule has 3 aromatic rings. The fraction of sp³-hybridized carbons (Fsp3) is 0.0952. The normalized spacial score (nSPS) is 11.0. The van der Waals surface area contributed by atoms with Crippen molar-refractivity contribution in [3.05, 3.63) is 88.9 Å². The summed E-state index contributed by atoms with van der Waals surface area (Å²) in [4.78, 5) is 12.3. The average Bonchev–Trinajstić information content (AvgIpc) is 2.68. The summed E-state index contributed by atoms with van der Waals surface area (Å²) in [6, 6.07) is 18.7. The quantitative estimate of drug-likeness (QED) is 0.525. The molecule has 1 amide bonds. The number of ether oxygens (including phenoxy) is 2. The first kappa shape index (κ1) is 20.5. The number of rotatable bonds is 6. The van der Waals surface area contributed by atoms with Gasteiger partial charge in [-0.15, -0.1) is 13.2 Å². The van der Waals surface area contributed by atoms with E-state index in [1.54, 1.807) is 30.3 Å². The molecule has 0 unspecified atom stereocenters. The van der Waals surface area contributed by atoms with Gasteiger partial charge < -0.3 is 14.8 Å². The first-order chi connectivity index (χ1) is 13.8. The van der Waals surface area contributed by atoms with E-state index in [-0.39, 0.29) is 12.4 Å². The highest BCUT2D eigenvalue weighted by Crippen LogP contribution is 2.24. The van der Waals surface area contributed by atoms with E-state index >= 15 is 0 Å². The highest BCUT2D eigenvalue weighted by molar-refractivity contribution is 6.31. The van der Waals surface area contributed by atoms with Gasteiger partial charge in [-0.25, -0.2) is 0 Å². The van der Waals surface area contributed by atoms with Crippen molar-refractivity contribution < 1.29 is 27.4 Å². The number of hydrogen-bond acceptors (Lipinski definition) is 3. The molecular weight excluding hydrogens is 407 g/mol. The predicted molar refractivity (Wildman–Crippen MR) is 103 cm³/mol. The molecule has 29 heavy (non-hydrogen) atoms. The van der Waals surface area contributed by atoms with Gasteiger partial charge in [-0.2, -0.15) is 0 Å². The predicted octanol–water partition coefficient (Wildman–Crippen LogP) is 6.07. The van der Waals surface area contributed by atoms with Crippen LogP contribution < -0.4 is 14.8 Å². The van der Waals surface area contributed by atoms with Gasteiger partial charge in [0.1, 0.15) is 18.1 Å². The number of alkyl halides is 3. The van der Waals surface area contributed by atoms with E-state index in [4.69, 9.17) is 16.3 Å². The van der Waals surface area contributed by atoms with Crippen LogP contribution in [0.3, 0.4) is 0 Å². The van der Waals surface area contributed by atoms with Crippen LogP contribution in [0.4, 0.5) is 18.9 Å². The van der Waals surface area contributed by atoms with E-state index in [0.29, 0.717) is 22.0 Å². The molecule has 0 aliphatic heterocycles. The number of nitrogens with one attached hydrogen (secondary N) is 1. The molecule has 1 N–H and O–H groups in total. The van der Waals surface area contributed by atoms with Crippen molar-refractivity contribution in [2.45, 2.75) is 13.0 Å². The second kappa shape index (κ2) is 8.87. The lowest BCUT2D eigenvalue weighted by Gasteiger charge is -2.10. The summed E-state index contributed by atoms with van der Waals surface area (Å²) in [6.07, 6.45) is -4.76. The molecule has 3 aromatic carbocycles. The largest absolute Gasteiger partial charge is 0.573 e. The molecule has 0 aliphatic carbocycles. The number of halogens is 4. The minimum Gasteiger partial charge on any atom is -0.489 e. The summed E-state index contributed by atoms with van der Waals surface area (Å²) in [5, 5.41) is 3.21. The van der Waals surface area contributed by atoms with Crippen LogP contribution in [0.5, 0.6) is 11.5 Å². The molecule has 3 rings (SSSR count). The topological polar surface area (TPSA) is 47.6 Å². The molecule has 0 fully saturated rings. The van der Waals surface area contributed by atoms with E-state index < -0.39 is 12.3 Å². The summed E-state index contributed by atoms with van der Waals surface area (Å²) in [6.45, 7) is 0.289. The SMILES string of the molecule is O=C(Nc1ccc(OC(F)(F)F)cc1)c1ccc(OCc2ccccc2Cl)cc1. The van der Waals surface area contributed by atoms with E-state index in [0.717, 1.165) is 17.7 Å². The summed E-state index contributed by atoms with van der Waals surface area (Å²) in [5.74, 6) is -0.210. The maximum Gasteiger partial charge on any atom is 0.573 e. The standard InChI is InChI=1S/C21H15ClF3NO3/c22-19-4-2-1-3-15(19)13-28-17-9-5-14(6-10-17)20(27)26-16-7-11-18(12-8-16)29-21(23,24)25/h1-12H,13H2,(H,26,27). The van der Waals surface area contributed by atoms with Crippen LogP contribution in [0.15, 0.2) is 72.8 Å². The first-order valence-electron chi connectivity index (χ1n) is 8.43. The van der Waals surface area contributed by atoms with Gasteiger partial charge in [0.15, 0.2) is 0 Å². The van der Waals surface area contributed by atoms with Gasteiger partial charge in [-0.3, -0.25) is 4.79 Å². The van der Waals surface area contributed by atoms with Crippen LogP contribution in [-0.2, 0) is 6.61 Å². The van der Waals surface area contributed by atoms with Crippen LogP contribution >= 0.6 is 11.6 Å². The van der Waals surface area contributed by atoms with Crippen LogP contribution in [-0.4, -0.2) is 12.3 Å².